The molecule has 0 saturated heterocycles. The maximum absolute atomic E-state index is 13.3. The average Bonchev–Trinajstić information content (AvgIpc) is 2.67. The number of carbonyl (C=O) groups excluding carboxylic acids is 1. The van der Waals surface area contributed by atoms with Crippen molar-refractivity contribution in [2.24, 2.45) is 0 Å². The monoisotopic (exact) mass is 383 g/mol. The molecule has 1 atom stereocenters. The maximum atomic E-state index is 13.3. The van der Waals surface area contributed by atoms with Gasteiger partial charge in [-0.05, 0) is 47.5 Å². The van der Waals surface area contributed by atoms with E-state index in [4.69, 9.17) is 0 Å². The minimum absolute atomic E-state index is 0.150. The van der Waals surface area contributed by atoms with Gasteiger partial charge in [-0.3, -0.25) is 4.79 Å². The van der Waals surface area contributed by atoms with Crippen LogP contribution in [-0.4, -0.2) is 20.6 Å². The summed E-state index contributed by atoms with van der Waals surface area (Å²) in [6, 6.07) is 20.6. The number of nitrogens with one attached hydrogen (secondary N) is 1. The Balaban J connectivity index is 1.90. The van der Waals surface area contributed by atoms with Gasteiger partial charge in [0.2, 0.25) is 0 Å². The molecule has 0 fully saturated rings. The standard InChI is InChI=1S/C21H18FNO3S/c1-27(25,26)19-13-9-17(10-14-19)21(24)23-20(15-5-3-2-4-6-15)16-7-11-18(22)12-8-16/h2-14,20H,1H3,(H,23,24). The van der Waals surface area contributed by atoms with Crippen LogP contribution in [0.3, 0.4) is 0 Å². The van der Waals surface area contributed by atoms with Crippen molar-refractivity contribution in [1.82, 2.24) is 5.32 Å². The number of amides is 1. The van der Waals surface area contributed by atoms with Gasteiger partial charge < -0.3 is 5.32 Å². The Kier molecular flexibility index (Phi) is 5.37. The van der Waals surface area contributed by atoms with E-state index in [0.29, 0.717) is 5.56 Å². The number of rotatable bonds is 5. The van der Waals surface area contributed by atoms with Crippen molar-refractivity contribution in [2.75, 3.05) is 6.26 Å². The van der Waals surface area contributed by atoms with Crippen LogP contribution in [0.2, 0.25) is 0 Å². The lowest BCUT2D eigenvalue weighted by Gasteiger charge is -2.20. The first kappa shape index (κ1) is 18.8. The number of hydrogen-bond donors (Lipinski definition) is 1. The summed E-state index contributed by atoms with van der Waals surface area (Å²) in [6.45, 7) is 0. The molecular formula is C21H18FNO3S. The van der Waals surface area contributed by atoms with Gasteiger partial charge in [-0.1, -0.05) is 42.5 Å². The second kappa shape index (κ2) is 7.72. The molecule has 0 spiro atoms. The molecule has 138 valence electrons. The van der Waals surface area contributed by atoms with Gasteiger partial charge >= 0.3 is 0 Å². The van der Waals surface area contributed by atoms with E-state index < -0.39 is 15.9 Å². The van der Waals surface area contributed by atoms with Gasteiger partial charge in [-0.2, -0.15) is 0 Å². The Bertz CT molecular complexity index is 1030. The van der Waals surface area contributed by atoms with E-state index in [0.717, 1.165) is 17.4 Å². The van der Waals surface area contributed by atoms with Gasteiger partial charge in [-0.15, -0.1) is 0 Å². The van der Waals surface area contributed by atoms with Crippen molar-refractivity contribution >= 4 is 15.7 Å². The van der Waals surface area contributed by atoms with Gasteiger partial charge in [0.1, 0.15) is 5.82 Å². The lowest BCUT2D eigenvalue weighted by atomic mass is 9.98. The predicted molar refractivity (Wildman–Crippen MR) is 102 cm³/mol. The van der Waals surface area contributed by atoms with Crippen molar-refractivity contribution < 1.29 is 17.6 Å². The largest absolute Gasteiger partial charge is 0.341 e. The highest BCUT2D eigenvalue weighted by Gasteiger charge is 2.18. The molecule has 0 aliphatic rings. The van der Waals surface area contributed by atoms with Gasteiger partial charge in [-0.25, -0.2) is 12.8 Å². The highest BCUT2D eigenvalue weighted by atomic mass is 32.2. The molecule has 0 aromatic heterocycles. The third-order valence-corrected chi connectivity index (χ3v) is 5.28. The van der Waals surface area contributed by atoms with E-state index in [-0.39, 0.29) is 16.6 Å². The van der Waals surface area contributed by atoms with Gasteiger partial charge in [0, 0.05) is 11.8 Å². The Hall–Kier alpha value is -2.99. The average molecular weight is 383 g/mol. The summed E-state index contributed by atoms with van der Waals surface area (Å²) in [5.74, 6) is -0.707. The predicted octanol–water partition coefficient (Wildman–Crippen LogP) is 3.75. The van der Waals surface area contributed by atoms with Crippen LogP contribution in [0.4, 0.5) is 4.39 Å². The molecule has 1 unspecified atom stereocenters. The van der Waals surface area contributed by atoms with Crippen LogP contribution >= 0.6 is 0 Å². The van der Waals surface area contributed by atoms with Gasteiger partial charge in [0.25, 0.3) is 5.91 Å². The van der Waals surface area contributed by atoms with Crippen molar-refractivity contribution in [3.8, 4) is 0 Å². The zero-order valence-corrected chi connectivity index (χ0v) is 15.4. The first-order valence-electron chi connectivity index (χ1n) is 8.26. The summed E-state index contributed by atoms with van der Waals surface area (Å²) in [7, 11) is -3.33. The number of sulfone groups is 1. The highest BCUT2D eigenvalue weighted by molar-refractivity contribution is 7.90. The smallest absolute Gasteiger partial charge is 0.252 e. The summed E-state index contributed by atoms with van der Waals surface area (Å²) in [5, 5.41) is 2.93. The molecule has 0 radical (unpaired) electrons. The number of hydrogen-bond acceptors (Lipinski definition) is 3. The number of halogens is 1. The molecule has 1 N–H and O–H groups in total. The fraction of sp³-hybridized carbons (Fsp3) is 0.0952. The van der Waals surface area contributed by atoms with E-state index in [1.165, 1.54) is 36.4 Å². The first-order chi connectivity index (χ1) is 12.8. The summed E-state index contributed by atoms with van der Waals surface area (Å²) in [5.41, 5.74) is 1.93. The van der Waals surface area contributed by atoms with E-state index in [2.05, 4.69) is 5.32 Å². The number of carbonyl (C=O) groups is 1. The van der Waals surface area contributed by atoms with Crippen LogP contribution in [0.1, 0.15) is 27.5 Å². The molecule has 0 aliphatic heterocycles. The summed E-state index contributed by atoms with van der Waals surface area (Å²) >= 11 is 0. The molecule has 1 amide bonds. The zero-order chi connectivity index (χ0) is 19.4. The molecule has 0 bridgehead atoms. The first-order valence-corrected chi connectivity index (χ1v) is 10.1. The molecular weight excluding hydrogens is 365 g/mol. The molecule has 27 heavy (non-hydrogen) atoms. The minimum Gasteiger partial charge on any atom is -0.341 e. The lowest BCUT2D eigenvalue weighted by molar-refractivity contribution is 0.0943. The van der Waals surface area contributed by atoms with E-state index in [1.54, 1.807) is 12.1 Å². The lowest BCUT2D eigenvalue weighted by Crippen LogP contribution is -2.29. The Morgan fingerprint density at radius 1 is 0.852 bits per heavy atom. The van der Waals surface area contributed by atoms with Crippen molar-refractivity contribution in [3.63, 3.8) is 0 Å². The molecule has 0 saturated carbocycles. The third kappa shape index (κ3) is 4.60. The van der Waals surface area contributed by atoms with Crippen LogP contribution < -0.4 is 5.32 Å². The molecule has 3 aromatic carbocycles. The van der Waals surface area contributed by atoms with Crippen molar-refractivity contribution in [2.45, 2.75) is 10.9 Å². The Morgan fingerprint density at radius 2 is 1.41 bits per heavy atom. The molecule has 6 heteroatoms. The Morgan fingerprint density at radius 3 is 1.96 bits per heavy atom. The molecule has 3 aromatic rings. The molecule has 4 nitrogen and oxygen atoms in total. The third-order valence-electron chi connectivity index (χ3n) is 4.16. The molecule has 3 rings (SSSR count). The quantitative estimate of drug-likeness (QED) is 0.730. The Labute approximate surface area is 157 Å². The summed E-state index contributed by atoms with van der Waals surface area (Å²) in [6.07, 6.45) is 1.11. The zero-order valence-electron chi connectivity index (χ0n) is 14.6. The van der Waals surface area contributed by atoms with Gasteiger partial charge in [0.05, 0.1) is 10.9 Å². The highest BCUT2D eigenvalue weighted by Crippen LogP contribution is 2.23. The minimum atomic E-state index is -3.33. The van der Waals surface area contributed by atoms with Crippen LogP contribution in [0.5, 0.6) is 0 Å². The topological polar surface area (TPSA) is 63.2 Å². The van der Waals surface area contributed by atoms with Crippen molar-refractivity contribution in [1.29, 1.82) is 0 Å². The van der Waals surface area contributed by atoms with E-state index in [9.17, 15) is 17.6 Å². The SMILES string of the molecule is CS(=O)(=O)c1ccc(C(=O)NC(c2ccccc2)c2ccc(F)cc2)cc1. The van der Waals surface area contributed by atoms with Crippen LogP contribution in [0.25, 0.3) is 0 Å². The molecule has 0 heterocycles. The van der Waals surface area contributed by atoms with E-state index in [1.807, 2.05) is 30.3 Å². The second-order valence-electron chi connectivity index (χ2n) is 6.17. The number of benzene rings is 3. The summed E-state index contributed by atoms with van der Waals surface area (Å²) < 4.78 is 36.4. The fourth-order valence-corrected chi connectivity index (χ4v) is 3.36. The van der Waals surface area contributed by atoms with E-state index >= 15 is 0 Å². The van der Waals surface area contributed by atoms with Crippen LogP contribution in [-0.2, 0) is 9.84 Å². The fourth-order valence-electron chi connectivity index (χ4n) is 2.73. The maximum Gasteiger partial charge on any atom is 0.252 e. The summed E-state index contributed by atoms with van der Waals surface area (Å²) in [4.78, 5) is 12.8. The van der Waals surface area contributed by atoms with Crippen molar-refractivity contribution in [3.05, 3.63) is 101 Å². The van der Waals surface area contributed by atoms with Crippen LogP contribution in [0.15, 0.2) is 83.8 Å². The normalized spacial score (nSPS) is 12.4. The van der Waals surface area contributed by atoms with Gasteiger partial charge in [0.15, 0.2) is 9.84 Å². The van der Waals surface area contributed by atoms with Crippen LogP contribution in [0, 0.1) is 5.82 Å². The molecule has 0 aliphatic carbocycles. The second-order valence-corrected chi connectivity index (χ2v) is 8.18.